The molecule has 1 heterocycles. The zero-order valence-corrected chi connectivity index (χ0v) is 20.7. The Morgan fingerprint density at radius 1 is 1.21 bits per heavy atom. The first-order valence-electron chi connectivity index (χ1n) is 11.5. The average Bonchev–Trinajstić information content (AvgIpc) is 3.16. The summed E-state index contributed by atoms with van der Waals surface area (Å²) in [6.07, 6.45) is 9.22. The van der Waals surface area contributed by atoms with Crippen molar-refractivity contribution in [3.05, 3.63) is 45.8 Å². The van der Waals surface area contributed by atoms with Crippen LogP contribution in [-0.2, 0) is 22.4 Å². The summed E-state index contributed by atoms with van der Waals surface area (Å²) in [5.41, 5.74) is 2.33. The number of unbranched alkanes of at least 4 members (excludes halogenated alkanes) is 2. The van der Waals surface area contributed by atoms with E-state index in [2.05, 4.69) is 19.2 Å². The van der Waals surface area contributed by atoms with Crippen molar-refractivity contribution in [2.75, 3.05) is 26.1 Å². The first-order chi connectivity index (χ1) is 16.0. The predicted octanol–water partition coefficient (Wildman–Crippen LogP) is 5.89. The number of anilines is 1. The molecule has 1 aromatic carbocycles. The lowest BCUT2D eigenvalue weighted by atomic mass is 9.88. The van der Waals surface area contributed by atoms with E-state index < -0.39 is 5.97 Å². The molecule has 0 unspecified atom stereocenters. The lowest BCUT2D eigenvalue weighted by Crippen LogP contribution is -2.14. The van der Waals surface area contributed by atoms with E-state index in [0.29, 0.717) is 34.6 Å². The van der Waals surface area contributed by atoms with Gasteiger partial charge in [-0.1, -0.05) is 32.8 Å². The number of esters is 1. The Hall–Kier alpha value is -2.80. The lowest BCUT2D eigenvalue weighted by Gasteiger charge is -2.18. The van der Waals surface area contributed by atoms with E-state index in [9.17, 15) is 9.59 Å². The van der Waals surface area contributed by atoms with Gasteiger partial charge in [-0.2, -0.15) is 0 Å². The average molecular weight is 472 g/mol. The highest BCUT2D eigenvalue weighted by molar-refractivity contribution is 7.17. The van der Waals surface area contributed by atoms with Crippen molar-refractivity contribution in [3.63, 3.8) is 0 Å². The molecule has 6 nitrogen and oxygen atoms in total. The maximum absolute atomic E-state index is 12.7. The maximum Gasteiger partial charge on any atom is 0.341 e. The molecule has 1 amide bonds. The third-order valence-electron chi connectivity index (χ3n) is 5.76. The van der Waals surface area contributed by atoms with Crippen LogP contribution < -0.4 is 14.8 Å². The second kappa shape index (κ2) is 11.9. The van der Waals surface area contributed by atoms with Gasteiger partial charge in [-0.25, -0.2) is 4.79 Å². The van der Waals surface area contributed by atoms with Gasteiger partial charge in [0.1, 0.15) is 5.00 Å². The summed E-state index contributed by atoms with van der Waals surface area (Å²) < 4.78 is 16.2. The summed E-state index contributed by atoms with van der Waals surface area (Å²) >= 11 is 1.48. The predicted molar refractivity (Wildman–Crippen MR) is 133 cm³/mol. The number of ether oxygens (including phenoxy) is 3. The fourth-order valence-electron chi connectivity index (χ4n) is 3.92. The smallest absolute Gasteiger partial charge is 0.341 e. The van der Waals surface area contributed by atoms with E-state index in [1.807, 2.05) is 18.2 Å². The fraction of sp³-hybridized carbons (Fsp3) is 0.462. The van der Waals surface area contributed by atoms with E-state index >= 15 is 0 Å². The molecule has 7 heteroatoms. The molecule has 0 aliphatic heterocycles. The van der Waals surface area contributed by atoms with Crippen LogP contribution >= 0.6 is 11.3 Å². The van der Waals surface area contributed by atoms with E-state index in [0.717, 1.165) is 54.5 Å². The number of carbonyl (C=O) groups is 2. The third-order valence-corrected chi connectivity index (χ3v) is 6.93. The van der Waals surface area contributed by atoms with Crippen LogP contribution in [0.15, 0.2) is 24.3 Å². The van der Waals surface area contributed by atoms with Gasteiger partial charge in [0.2, 0.25) is 5.91 Å². The highest BCUT2D eigenvalue weighted by atomic mass is 32.1. The van der Waals surface area contributed by atoms with Gasteiger partial charge in [0.15, 0.2) is 11.5 Å². The number of fused-ring (bicyclic) bond motifs is 1. The summed E-state index contributed by atoms with van der Waals surface area (Å²) in [5.74, 6) is 1.18. The Morgan fingerprint density at radius 2 is 2.03 bits per heavy atom. The monoisotopic (exact) mass is 471 g/mol. The number of amides is 1. The Morgan fingerprint density at radius 3 is 2.76 bits per heavy atom. The molecule has 0 bridgehead atoms. The number of hydrogen-bond acceptors (Lipinski definition) is 6. The third kappa shape index (κ3) is 6.38. The van der Waals surface area contributed by atoms with Crippen LogP contribution in [0.2, 0.25) is 0 Å². The van der Waals surface area contributed by atoms with Gasteiger partial charge < -0.3 is 19.5 Å². The van der Waals surface area contributed by atoms with E-state index in [-0.39, 0.29) is 5.91 Å². The van der Waals surface area contributed by atoms with Crippen LogP contribution in [0.1, 0.15) is 65.9 Å². The van der Waals surface area contributed by atoms with Crippen molar-refractivity contribution in [2.45, 2.75) is 52.4 Å². The Bertz CT molecular complexity index is 1010. The van der Waals surface area contributed by atoms with Gasteiger partial charge in [0, 0.05) is 11.0 Å². The largest absolute Gasteiger partial charge is 0.493 e. The van der Waals surface area contributed by atoms with Crippen molar-refractivity contribution >= 4 is 34.3 Å². The zero-order chi connectivity index (χ0) is 23.8. The van der Waals surface area contributed by atoms with Crippen LogP contribution in [0.25, 0.3) is 6.08 Å². The van der Waals surface area contributed by atoms with Gasteiger partial charge in [-0.05, 0) is 60.9 Å². The molecule has 1 atom stereocenters. The molecule has 1 aliphatic rings. The first kappa shape index (κ1) is 24.8. The topological polar surface area (TPSA) is 73.9 Å². The fourth-order valence-corrected chi connectivity index (χ4v) is 5.33. The molecule has 0 radical (unpaired) electrons. The van der Waals surface area contributed by atoms with Crippen LogP contribution in [0.4, 0.5) is 5.00 Å². The molecule has 0 spiro atoms. The molecule has 33 heavy (non-hydrogen) atoms. The number of methoxy groups -OCH3 is 2. The highest BCUT2D eigenvalue weighted by Crippen LogP contribution is 2.40. The van der Waals surface area contributed by atoms with Crippen LogP contribution in [-0.4, -0.2) is 32.7 Å². The molecular weight excluding hydrogens is 438 g/mol. The number of benzene rings is 1. The van der Waals surface area contributed by atoms with Crippen molar-refractivity contribution < 1.29 is 23.8 Å². The summed E-state index contributed by atoms with van der Waals surface area (Å²) in [7, 11) is 2.97. The minimum Gasteiger partial charge on any atom is -0.493 e. The summed E-state index contributed by atoms with van der Waals surface area (Å²) in [5, 5.41) is 3.44. The molecule has 3 rings (SSSR count). The molecule has 1 aliphatic carbocycles. The number of thiophene rings is 1. The quantitative estimate of drug-likeness (QED) is 0.266. The minimum atomic E-state index is -0.402. The normalized spacial score (nSPS) is 15.2. The van der Waals surface area contributed by atoms with Gasteiger partial charge in [0.05, 0.1) is 26.4 Å². The molecule has 0 saturated carbocycles. The van der Waals surface area contributed by atoms with Crippen molar-refractivity contribution in [1.82, 2.24) is 0 Å². The molecule has 0 saturated heterocycles. The van der Waals surface area contributed by atoms with Crippen molar-refractivity contribution in [3.8, 4) is 11.5 Å². The summed E-state index contributed by atoms with van der Waals surface area (Å²) in [4.78, 5) is 26.2. The van der Waals surface area contributed by atoms with Gasteiger partial charge in [-0.15, -0.1) is 11.3 Å². The lowest BCUT2D eigenvalue weighted by molar-refractivity contribution is -0.111. The molecular formula is C26H33NO5S. The van der Waals surface area contributed by atoms with Gasteiger partial charge in [0.25, 0.3) is 0 Å². The van der Waals surface area contributed by atoms with E-state index in [1.54, 1.807) is 13.2 Å². The van der Waals surface area contributed by atoms with Crippen LogP contribution in [0.3, 0.4) is 0 Å². The van der Waals surface area contributed by atoms with Crippen LogP contribution in [0, 0.1) is 5.92 Å². The SMILES string of the molecule is CCCCCOc1ccc(/C=C/C(=O)Nc2sc3c(c2C(=O)OC)CC[C@H](C)C3)cc1OC. The number of nitrogens with one attached hydrogen (secondary N) is 1. The minimum absolute atomic E-state index is 0.300. The molecule has 1 aromatic heterocycles. The Labute approximate surface area is 199 Å². The van der Waals surface area contributed by atoms with Crippen molar-refractivity contribution in [1.29, 1.82) is 0 Å². The first-order valence-corrected chi connectivity index (χ1v) is 12.3. The molecule has 2 aromatic rings. The Balaban J connectivity index is 1.71. The second-order valence-corrected chi connectivity index (χ2v) is 9.44. The van der Waals surface area contributed by atoms with E-state index in [1.165, 1.54) is 24.5 Å². The number of carbonyl (C=O) groups excluding carboxylic acids is 2. The molecule has 178 valence electrons. The van der Waals surface area contributed by atoms with Crippen LogP contribution in [0.5, 0.6) is 11.5 Å². The van der Waals surface area contributed by atoms with Gasteiger partial charge in [-0.3, -0.25) is 4.79 Å². The zero-order valence-electron chi connectivity index (χ0n) is 19.9. The maximum atomic E-state index is 12.7. The van der Waals surface area contributed by atoms with Crippen molar-refractivity contribution in [2.24, 2.45) is 5.92 Å². The standard InChI is InChI=1S/C26H33NO5S/c1-5-6-7-14-32-20-12-9-18(16-21(20)30-3)10-13-23(28)27-25-24(26(29)31-4)19-11-8-17(2)15-22(19)33-25/h9-10,12-13,16-17H,5-8,11,14-15H2,1-4H3,(H,27,28)/b13-10+/t17-/m0/s1. The Kier molecular flexibility index (Phi) is 8.95. The molecule has 0 fully saturated rings. The van der Waals surface area contributed by atoms with Gasteiger partial charge >= 0.3 is 5.97 Å². The molecule has 1 N–H and O–H groups in total. The summed E-state index contributed by atoms with van der Waals surface area (Å²) in [6.45, 7) is 5.01. The van der Waals surface area contributed by atoms with E-state index in [4.69, 9.17) is 14.2 Å². The summed E-state index contributed by atoms with van der Waals surface area (Å²) in [6, 6.07) is 5.57. The highest BCUT2D eigenvalue weighted by Gasteiger charge is 2.28. The number of rotatable bonds is 10. The number of hydrogen-bond donors (Lipinski definition) is 1. The second-order valence-electron chi connectivity index (χ2n) is 8.34.